The number of hydrogen-bond donors (Lipinski definition) is 0. The van der Waals surface area contributed by atoms with Crippen LogP contribution in [0.2, 0.25) is 0 Å². The van der Waals surface area contributed by atoms with Gasteiger partial charge in [-0.1, -0.05) is 0 Å². The number of rotatable bonds is 6. The molecule has 3 rings (SSSR count). The second-order valence-corrected chi connectivity index (χ2v) is 5.67. The van der Waals surface area contributed by atoms with Crippen LogP contribution >= 0.6 is 0 Å². The van der Waals surface area contributed by atoms with Crippen LogP contribution in [-0.4, -0.2) is 35.6 Å². The molecule has 1 amide bonds. The molecule has 0 aliphatic rings. The Morgan fingerprint density at radius 1 is 1.04 bits per heavy atom. The minimum Gasteiger partial charge on any atom is -0.492 e. The summed E-state index contributed by atoms with van der Waals surface area (Å²) in [6.45, 7) is 0.783. The van der Waals surface area contributed by atoms with Crippen molar-refractivity contribution in [2.45, 2.75) is 0 Å². The highest BCUT2D eigenvalue weighted by atomic mass is 19.1. The molecule has 0 saturated heterocycles. The Labute approximate surface area is 146 Å². The lowest BCUT2D eigenvalue weighted by Gasteiger charge is -2.18. The first kappa shape index (κ1) is 16.8. The highest BCUT2D eigenvalue weighted by Crippen LogP contribution is 2.13. The molecule has 0 aliphatic heterocycles. The largest absolute Gasteiger partial charge is 0.492 e. The van der Waals surface area contributed by atoms with Crippen molar-refractivity contribution in [3.8, 4) is 11.4 Å². The lowest BCUT2D eigenvalue weighted by molar-refractivity contribution is 0.0774. The van der Waals surface area contributed by atoms with Crippen LogP contribution in [0, 0.1) is 5.82 Å². The fraction of sp³-hybridized carbons (Fsp3) is 0.150. The predicted octanol–water partition coefficient (Wildman–Crippen LogP) is 3.77. The summed E-state index contributed by atoms with van der Waals surface area (Å²) < 4.78 is 20.3. The molecule has 0 radical (unpaired) electrons. The third-order valence-electron chi connectivity index (χ3n) is 3.87. The third kappa shape index (κ3) is 4.26. The number of ether oxygens (including phenoxy) is 1. The summed E-state index contributed by atoms with van der Waals surface area (Å²) in [6, 6.07) is 17.2. The zero-order valence-electron chi connectivity index (χ0n) is 13.9. The molecule has 2 aromatic carbocycles. The highest BCUT2D eigenvalue weighted by molar-refractivity contribution is 5.94. The van der Waals surface area contributed by atoms with Crippen molar-refractivity contribution in [2.75, 3.05) is 20.2 Å². The van der Waals surface area contributed by atoms with Gasteiger partial charge in [0.2, 0.25) is 0 Å². The third-order valence-corrected chi connectivity index (χ3v) is 3.87. The molecule has 0 saturated carbocycles. The minimum atomic E-state index is -0.303. The number of carbonyl (C=O) groups excluding carboxylic acids is 1. The molecule has 1 aromatic heterocycles. The Morgan fingerprint density at radius 2 is 1.68 bits per heavy atom. The first-order valence-electron chi connectivity index (χ1n) is 8.01. The number of aromatic nitrogens is 1. The second-order valence-electron chi connectivity index (χ2n) is 5.67. The number of carbonyl (C=O) groups is 1. The maximum atomic E-state index is 12.8. The van der Waals surface area contributed by atoms with E-state index in [4.69, 9.17) is 4.74 Å². The molecule has 0 unspecified atom stereocenters. The Hall–Kier alpha value is -3.08. The van der Waals surface area contributed by atoms with Gasteiger partial charge in [0.05, 0.1) is 6.54 Å². The second kappa shape index (κ2) is 7.66. The van der Waals surface area contributed by atoms with Crippen LogP contribution in [0.15, 0.2) is 73.1 Å². The van der Waals surface area contributed by atoms with Gasteiger partial charge in [-0.25, -0.2) is 4.39 Å². The van der Waals surface area contributed by atoms with Gasteiger partial charge in [0.1, 0.15) is 18.2 Å². The van der Waals surface area contributed by atoms with Gasteiger partial charge in [-0.05, 0) is 60.7 Å². The van der Waals surface area contributed by atoms with E-state index < -0.39 is 0 Å². The topological polar surface area (TPSA) is 34.5 Å². The number of likely N-dealkylation sites (N-methyl/N-ethyl adjacent to an activating group) is 1. The zero-order valence-corrected chi connectivity index (χ0v) is 13.9. The zero-order chi connectivity index (χ0) is 17.6. The predicted molar refractivity (Wildman–Crippen MR) is 94.6 cm³/mol. The molecule has 0 spiro atoms. The first-order chi connectivity index (χ1) is 12.1. The average molecular weight is 338 g/mol. The van der Waals surface area contributed by atoms with Crippen LogP contribution in [0.25, 0.3) is 5.69 Å². The van der Waals surface area contributed by atoms with Crippen LogP contribution in [0.3, 0.4) is 0 Å². The SMILES string of the molecule is CN(CCOc1ccc(F)cc1)C(=O)c1ccc(-n2cccc2)cc1. The van der Waals surface area contributed by atoms with Crippen molar-refractivity contribution in [1.29, 1.82) is 0 Å². The van der Waals surface area contributed by atoms with Gasteiger partial charge >= 0.3 is 0 Å². The van der Waals surface area contributed by atoms with E-state index in [2.05, 4.69) is 0 Å². The van der Waals surface area contributed by atoms with E-state index in [1.807, 2.05) is 53.4 Å². The lowest BCUT2D eigenvalue weighted by Crippen LogP contribution is -2.30. The van der Waals surface area contributed by atoms with Gasteiger partial charge in [-0.2, -0.15) is 0 Å². The van der Waals surface area contributed by atoms with E-state index in [1.54, 1.807) is 24.1 Å². The van der Waals surface area contributed by atoms with Crippen molar-refractivity contribution in [2.24, 2.45) is 0 Å². The molecule has 0 N–H and O–H groups in total. The van der Waals surface area contributed by atoms with Crippen molar-refractivity contribution in [3.05, 3.63) is 84.4 Å². The number of benzene rings is 2. The molecular formula is C20H19FN2O2. The van der Waals surface area contributed by atoms with Gasteiger partial charge in [0.15, 0.2) is 0 Å². The van der Waals surface area contributed by atoms with E-state index in [0.717, 1.165) is 5.69 Å². The fourth-order valence-corrected chi connectivity index (χ4v) is 2.44. The van der Waals surface area contributed by atoms with E-state index >= 15 is 0 Å². The van der Waals surface area contributed by atoms with Gasteiger partial charge in [0.25, 0.3) is 5.91 Å². The fourth-order valence-electron chi connectivity index (χ4n) is 2.44. The minimum absolute atomic E-state index is 0.0678. The van der Waals surface area contributed by atoms with E-state index in [1.165, 1.54) is 12.1 Å². The Morgan fingerprint density at radius 3 is 2.32 bits per heavy atom. The normalized spacial score (nSPS) is 10.5. The molecule has 25 heavy (non-hydrogen) atoms. The standard InChI is InChI=1S/C20H19FN2O2/c1-22(14-15-25-19-10-6-17(21)7-11-19)20(24)16-4-8-18(9-5-16)23-12-2-3-13-23/h2-13H,14-15H2,1H3. The summed E-state index contributed by atoms with van der Waals surface area (Å²) in [6.07, 6.45) is 3.91. The van der Waals surface area contributed by atoms with Crippen molar-refractivity contribution < 1.29 is 13.9 Å². The lowest BCUT2D eigenvalue weighted by atomic mass is 10.2. The average Bonchev–Trinajstić information content (AvgIpc) is 3.17. The van der Waals surface area contributed by atoms with Gasteiger partial charge in [-0.3, -0.25) is 4.79 Å². The molecule has 0 aliphatic carbocycles. The van der Waals surface area contributed by atoms with Gasteiger partial charge < -0.3 is 14.2 Å². The monoisotopic (exact) mass is 338 g/mol. The molecule has 3 aromatic rings. The van der Waals surface area contributed by atoms with Gasteiger partial charge in [-0.15, -0.1) is 0 Å². The summed E-state index contributed by atoms with van der Waals surface area (Å²) in [7, 11) is 1.73. The summed E-state index contributed by atoms with van der Waals surface area (Å²) in [5.74, 6) is 0.211. The maximum Gasteiger partial charge on any atom is 0.253 e. The number of halogens is 1. The molecule has 5 heteroatoms. The summed E-state index contributed by atoms with van der Waals surface area (Å²) >= 11 is 0. The molecule has 128 valence electrons. The van der Waals surface area contributed by atoms with E-state index in [9.17, 15) is 9.18 Å². The smallest absolute Gasteiger partial charge is 0.253 e. The Bertz CT molecular complexity index is 812. The Balaban J connectivity index is 1.54. The summed E-state index contributed by atoms with van der Waals surface area (Å²) in [4.78, 5) is 14.0. The van der Waals surface area contributed by atoms with Crippen LogP contribution in [0.5, 0.6) is 5.75 Å². The van der Waals surface area contributed by atoms with E-state index in [-0.39, 0.29) is 11.7 Å². The Kier molecular flexibility index (Phi) is 5.14. The molecule has 0 fully saturated rings. The van der Waals surface area contributed by atoms with Crippen LogP contribution < -0.4 is 4.74 Å². The summed E-state index contributed by atoms with van der Waals surface area (Å²) in [5, 5.41) is 0. The van der Waals surface area contributed by atoms with Crippen LogP contribution in [0.1, 0.15) is 10.4 Å². The summed E-state index contributed by atoms with van der Waals surface area (Å²) in [5.41, 5.74) is 1.63. The number of nitrogens with zero attached hydrogens (tertiary/aromatic N) is 2. The first-order valence-corrected chi connectivity index (χ1v) is 8.01. The van der Waals surface area contributed by atoms with Crippen molar-refractivity contribution in [3.63, 3.8) is 0 Å². The van der Waals surface area contributed by atoms with Gasteiger partial charge in [0, 0.05) is 30.7 Å². The quantitative estimate of drug-likeness (QED) is 0.686. The molecule has 0 bridgehead atoms. The molecule has 0 atom stereocenters. The number of hydrogen-bond acceptors (Lipinski definition) is 2. The molecule has 1 heterocycles. The van der Waals surface area contributed by atoms with Crippen molar-refractivity contribution in [1.82, 2.24) is 9.47 Å². The van der Waals surface area contributed by atoms with E-state index in [0.29, 0.717) is 24.5 Å². The number of amides is 1. The van der Waals surface area contributed by atoms with Crippen molar-refractivity contribution >= 4 is 5.91 Å². The molecular weight excluding hydrogens is 319 g/mol. The van der Waals surface area contributed by atoms with Crippen LogP contribution in [0.4, 0.5) is 4.39 Å². The maximum absolute atomic E-state index is 12.8. The van der Waals surface area contributed by atoms with Crippen LogP contribution in [-0.2, 0) is 0 Å². The molecule has 4 nitrogen and oxygen atoms in total. The highest BCUT2D eigenvalue weighted by Gasteiger charge is 2.11.